The standard InChI is InChI=1S/C26H30N4O2/c1-18-17-19(2)28-26(27-18)32-23-15-13-22(14-16-23)29-25(31)30-24(20-9-5-3-6-10-20)21-11-7-4-8-12-21/h3-12,17,22-24H,13-16H2,1-2H3,(H2,29,30,31). The van der Waals surface area contributed by atoms with Gasteiger partial charge >= 0.3 is 12.0 Å². The van der Waals surface area contributed by atoms with Gasteiger partial charge in [0.15, 0.2) is 0 Å². The highest BCUT2D eigenvalue weighted by molar-refractivity contribution is 5.75. The highest BCUT2D eigenvalue weighted by atomic mass is 16.5. The van der Waals surface area contributed by atoms with Crippen molar-refractivity contribution >= 4 is 6.03 Å². The second-order valence-electron chi connectivity index (χ2n) is 8.40. The molecule has 0 spiro atoms. The quantitative estimate of drug-likeness (QED) is 0.585. The maximum absolute atomic E-state index is 12.8. The molecule has 166 valence electrons. The molecular formula is C26H30N4O2. The van der Waals surface area contributed by atoms with Gasteiger partial charge in [0.2, 0.25) is 0 Å². The molecule has 4 rings (SSSR count). The van der Waals surface area contributed by atoms with Crippen LogP contribution in [0.5, 0.6) is 6.01 Å². The summed E-state index contributed by atoms with van der Waals surface area (Å²) in [5, 5.41) is 6.31. The van der Waals surface area contributed by atoms with Gasteiger partial charge in [-0.1, -0.05) is 60.7 Å². The molecular weight excluding hydrogens is 400 g/mol. The number of nitrogens with one attached hydrogen (secondary N) is 2. The van der Waals surface area contributed by atoms with Crippen LogP contribution in [-0.4, -0.2) is 28.1 Å². The third-order valence-corrected chi connectivity index (χ3v) is 5.78. The van der Waals surface area contributed by atoms with Crippen LogP contribution in [0, 0.1) is 13.8 Å². The van der Waals surface area contributed by atoms with Crippen molar-refractivity contribution in [2.75, 3.05) is 0 Å². The lowest BCUT2D eigenvalue weighted by atomic mass is 9.93. The van der Waals surface area contributed by atoms with E-state index in [1.807, 2.05) is 80.6 Å². The summed E-state index contributed by atoms with van der Waals surface area (Å²) in [5.41, 5.74) is 3.93. The zero-order valence-electron chi connectivity index (χ0n) is 18.6. The molecule has 1 aliphatic carbocycles. The minimum atomic E-state index is -0.196. The number of rotatable bonds is 6. The number of benzene rings is 2. The molecule has 1 aliphatic rings. The van der Waals surface area contributed by atoms with Crippen LogP contribution < -0.4 is 15.4 Å². The maximum Gasteiger partial charge on any atom is 0.317 e. The summed E-state index contributed by atoms with van der Waals surface area (Å²) in [4.78, 5) is 21.6. The minimum absolute atomic E-state index is 0.0821. The molecule has 0 atom stereocenters. The molecule has 32 heavy (non-hydrogen) atoms. The number of carbonyl (C=O) groups is 1. The Hall–Kier alpha value is -3.41. The van der Waals surface area contributed by atoms with Crippen LogP contribution in [0.2, 0.25) is 0 Å². The van der Waals surface area contributed by atoms with Gasteiger partial charge in [-0.25, -0.2) is 14.8 Å². The van der Waals surface area contributed by atoms with Crippen LogP contribution in [0.25, 0.3) is 0 Å². The Labute approximate surface area is 189 Å². The van der Waals surface area contributed by atoms with E-state index in [9.17, 15) is 4.79 Å². The predicted octanol–water partition coefficient (Wildman–Crippen LogP) is 4.87. The summed E-state index contributed by atoms with van der Waals surface area (Å²) in [6.07, 6.45) is 3.54. The van der Waals surface area contributed by atoms with Gasteiger partial charge in [0.1, 0.15) is 6.10 Å². The number of aryl methyl sites for hydroxylation is 2. The number of nitrogens with zero attached hydrogens (tertiary/aromatic N) is 2. The van der Waals surface area contributed by atoms with Crippen LogP contribution >= 0.6 is 0 Å². The van der Waals surface area contributed by atoms with Crippen molar-refractivity contribution in [3.05, 3.63) is 89.2 Å². The molecule has 1 aromatic heterocycles. The summed E-state index contributed by atoms with van der Waals surface area (Å²) in [7, 11) is 0. The zero-order valence-corrected chi connectivity index (χ0v) is 18.6. The molecule has 0 bridgehead atoms. The van der Waals surface area contributed by atoms with Crippen molar-refractivity contribution in [3.63, 3.8) is 0 Å². The number of ether oxygens (including phenoxy) is 1. The molecule has 6 nitrogen and oxygen atoms in total. The lowest BCUT2D eigenvalue weighted by Crippen LogP contribution is -2.46. The van der Waals surface area contributed by atoms with Crippen LogP contribution in [0.4, 0.5) is 4.79 Å². The molecule has 0 radical (unpaired) electrons. The summed E-state index contributed by atoms with van der Waals surface area (Å²) in [5.74, 6) is 0. The number of aromatic nitrogens is 2. The topological polar surface area (TPSA) is 76.1 Å². The van der Waals surface area contributed by atoms with Gasteiger partial charge in [0.25, 0.3) is 0 Å². The number of hydrogen-bond donors (Lipinski definition) is 2. The van der Waals surface area contributed by atoms with E-state index in [1.165, 1.54) is 0 Å². The summed E-state index contributed by atoms with van der Waals surface area (Å²) in [6, 6.07) is 22.2. The maximum atomic E-state index is 12.8. The van der Waals surface area contributed by atoms with E-state index < -0.39 is 0 Å². The SMILES string of the molecule is Cc1cc(C)nc(OC2CCC(NC(=O)NC(c3ccccc3)c3ccccc3)CC2)n1. The van der Waals surface area contributed by atoms with E-state index >= 15 is 0 Å². The Morgan fingerprint density at radius 2 is 1.41 bits per heavy atom. The van der Waals surface area contributed by atoms with E-state index in [0.717, 1.165) is 48.2 Å². The number of amides is 2. The smallest absolute Gasteiger partial charge is 0.317 e. The number of urea groups is 1. The normalized spacial score (nSPS) is 18.2. The molecule has 0 aliphatic heterocycles. The minimum Gasteiger partial charge on any atom is -0.460 e. The zero-order chi connectivity index (χ0) is 22.3. The number of carbonyl (C=O) groups excluding carboxylic acids is 1. The second-order valence-corrected chi connectivity index (χ2v) is 8.40. The summed E-state index contributed by atoms with van der Waals surface area (Å²) < 4.78 is 6.00. The lowest BCUT2D eigenvalue weighted by Gasteiger charge is -2.30. The van der Waals surface area contributed by atoms with Crippen molar-refractivity contribution in [3.8, 4) is 6.01 Å². The molecule has 2 aromatic carbocycles. The average molecular weight is 431 g/mol. The van der Waals surface area contributed by atoms with Gasteiger partial charge in [-0.15, -0.1) is 0 Å². The van der Waals surface area contributed by atoms with Crippen molar-refractivity contribution in [1.82, 2.24) is 20.6 Å². The second kappa shape index (κ2) is 10.3. The van der Waals surface area contributed by atoms with E-state index in [1.54, 1.807) is 0 Å². The lowest BCUT2D eigenvalue weighted by molar-refractivity contribution is 0.128. The van der Waals surface area contributed by atoms with E-state index in [2.05, 4.69) is 20.6 Å². The third kappa shape index (κ3) is 5.84. The fraction of sp³-hybridized carbons (Fsp3) is 0.346. The monoisotopic (exact) mass is 430 g/mol. The van der Waals surface area contributed by atoms with Crippen molar-refractivity contribution in [2.24, 2.45) is 0 Å². The molecule has 2 N–H and O–H groups in total. The Morgan fingerprint density at radius 1 is 0.875 bits per heavy atom. The molecule has 1 fully saturated rings. The summed E-state index contributed by atoms with van der Waals surface area (Å²) in [6.45, 7) is 3.89. The van der Waals surface area contributed by atoms with Crippen LogP contribution in [-0.2, 0) is 0 Å². The van der Waals surface area contributed by atoms with Gasteiger partial charge in [-0.2, -0.15) is 0 Å². The first-order valence-electron chi connectivity index (χ1n) is 11.2. The molecule has 0 saturated heterocycles. The van der Waals surface area contributed by atoms with Gasteiger partial charge in [-0.05, 0) is 56.7 Å². The predicted molar refractivity (Wildman–Crippen MR) is 125 cm³/mol. The van der Waals surface area contributed by atoms with Crippen molar-refractivity contribution in [1.29, 1.82) is 0 Å². The molecule has 2 amide bonds. The van der Waals surface area contributed by atoms with Crippen LogP contribution in [0.3, 0.4) is 0 Å². The Bertz CT molecular complexity index is 959. The first-order valence-corrected chi connectivity index (χ1v) is 11.2. The van der Waals surface area contributed by atoms with E-state index in [4.69, 9.17) is 4.74 Å². The van der Waals surface area contributed by atoms with Crippen molar-refractivity contribution in [2.45, 2.75) is 57.7 Å². The van der Waals surface area contributed by atoms with E-state index in [-0.39, 0.29) is 24.2 Å². The fourth-order valence-electron chi connectivity index (χ4n) is 4.23. The summed E-state index contributed by atoms with van der Waals surface area (Å²) >= 11 is 0. The van der Waals surface area contributed by atoms with Crippen LogP contribution in [0.15, 0.2) is 66.7 Å². The molecule has 1 saturated carbocycles. The van der Waals surface area contributed by atoms with Gasteiger partial charge in [-0.3, -0.25) is 0 Å². The Kier molecular flexibility index (Phi) is 7.00. The highest BCUT2D eigenvalue weighted by Gasteiger charge is 2.25. The first kappa shape index (κ1) is 21.8. The van der Waals surface area contributed by atoms with Crippen molar-refractivity contribution < 1.29 is 9.53 Å². The fourth-order valence-corrected chi connectivity index (χ4v) is 4.23. The third-order valence-electron chi connectivity index (χ3n) is 5.78. The largest absolute Gasteiger partial charge is 0.460 e. The Morgan fingerprint density at radius 3 is 1.94 bits per heavy atom. The molecule has 3 aromatic rings. The molecule has 0 unspecified atom stereocenters. The average Bonchev–Trinajstić information content (AvgIpc) is 2.79. The van der Waals surface area contributed by atoms with Gasteiger partial charge in [0.05, 0.1) is 6.04 Å². The van der Waals surface area contributed by atoms with E-state index in [0.29, 0.717) is 6.01 Å². The molecule has 1 heterocycles. The number of hydrogen-bond acceptors (Lipinski definition) is 4. The molecule has 6 heteroatoms. The Balaban J connectivity index is 1.32. The van der Waals surface area contributed by atoms with Gasteiger partial charge in [0, 0.05) is 17.4 Å². The van der Waals surface area contributed by atoms with Crippen LogP contribution in [0.1, 0.15) is 54.2 Å². The first-order chi connectivity index (χ1) is 15.6. The highest BCUT2D eigenvalue weighted by Crippen LogP contribution is 2.24. The van der Waals surface area contributed by atoms with Gasteiger partial charge < -0.3 is 15.4 Å².